The number of nitrogens with zero attached hydrogens (tertiary/aromatic N) is 6. The number of anilines is 6. The fraction of sp³-hybridized carbons (Fsp3) is 0.400. The molecule has 4 N–H and O–H groups in total. The predicted octanol–water partition coefficient (Wildman–Crippen LogP) is 5.27. The van der Waals surface area contributed by atoms with Gasteiger partial charge in [0.05, 0.1) is 0 Å². The van der Waals surface area contributed by atoms with Crippen LogP contribution in [0.1, 0.15) is 39.5 Å². The Morgan fingerprint density at radius 2 is 0.969 bits per heavy atom. The summed E-state index contributed by atoms with van der Waals surface area (Å²) >= 11 is 12.0. The number of rotatable bonds is 12. The standard InChI is InChI=1S/C20H26Cl2N10/c1-3-5-11-23-17-27-15(21)29-19(31-17)25-13-7-9-14(10-8-13)26-20-30-16(22)28-18(32-20)24-12-6-4-2/h7-10H,3-6,11-12H2,1-2H3,(H2,23,25,27,29,31)(H2,24,26,28,30,32). The molecular formula is C20H26Cl2N10. The summed E-state index contributed by atoms with van der Waals surface area (Å²) in [6.45, 7) is 5.78. The topological polar surface area (TPSA) is 125 Å². The van der Waals surface area contributed by atoms with Gasteiger partial charge in [0.2, 0.25) is 34.4 Å². The van der Waals surface area contributed by atoms with E-state index in [1.165, 1.54) is 0 Å². The van der Waals surface area contributed by atoms with E-state index in [1.807, 2.05) is 24.3 Å². The van der Waals surface area contributed by atoms with Crippen LogP contribution in [0.4, 0.5) is 35.2 Å². The molecule has 170 valence electrons. The van der Waals surface area contributed by atoms with Gasteiger partial charge in [0.15, 0.2) is 0 Å². The molecule has 0 radical (unpaired) electrons. The Bertz CT molecular complexity index is 920. The molecule has 0 saturated heterocycles. The normalized spacial score (nSPS) is 10.6. The lowest BCUT2D eigenvalue weighted by Crippen LogP contribution is -2.08. The van der Waals surface area contributed by atoms with Crippen LogP contribution in [0.15, 0.2) is 24.3 Å². The fourth-order valence-electron chi connectivity index (χ4n) is 2.62. The first-order valence-electron chi connectivity index (χ1n) is 10.5. The Hall–Kier alpha value is -2.98. The van der Waals surface area contributed by atoms with Crippen molar-refractivity contribution in [3.05, 3.63) is 34.8 Å². The lowest BCUT2D eigenvalue weighted by Gasteiger charge is -2.10. The number of nitrogens with one attached hydrogen (secondary N) is 4. The van der Waals surface area contributed by atoms with Crippen molar-refractivity contribution in [3.8, 4) is 0 Å². The second-order valence-corrected chi connectivity index (χ2v) is 7.57. The molecule has 0 bridgehead atoms. The van der Waals surface area contributed by atoms with Crippen molar-refractivity contribution >= 4 is 58.4 Å². The third kappa shape index (κ3) is 7.61. The smallest absolute Gasteiger partial charge is 0.233 e. The molecule has 12 heteroatoms. The van der Waals surface area contributed by atoms with Crippen molar-refractivity contribution in [2.24, 2.45) is 0 Å². The van der Waals surface area contributed by atoms with E-state index < -0.39 is 0 Å². The van der Waals surface area contributed by atoms with Crippen molar-refractivity contribution < 1.29 is 0 Å². The van der Waals surface area contributed by atoms with Gasteiger partial charge in [-0.05, 0) is 60.3 Å². The summed E-state index contributed by atoms with van der Waals surface area (Å²) < 4.78 is 0. The molecule has 0 atom stereocenters. The maximum absolute atomic E-state index is 6.02. The lowest BCUT2D eigenvalue weighted by atomic mass is 10.3. The molecule has 1 aromatic carbocycles. The van der Waals surface area contributed by atoms with Crippen molar-refractivity contribution in [2.75, 3.05) is 34.4 Å². The highest BCUT2D eigenvalue weighted by Crippen LogP contribution is 2.21. The van der Waals surface area contributed by atoms with Gasteiger partial charge in [-0.2, -0.15) is 29.9 Å². The van der Waals surface area contributed by atoms with Crippen molar-refractivity contribution in [3.63, 3.8) is 0 Å². The maximum Gasteiger partial charge on any atom is 0.233 e. The minimum absolute atomic E-state index is 0.120. The van der Waals surface area contributed by atoms with E-state index in [0.717, 1.165) is 50.1 Å². The van der Waals surface area contributed by atoms with Crippen LogP contribution >= 0.6 is 23.2 Å². The van der Waals surface area contributed by atoms with Gasteiger partial charge >= 0.3 is 0 Å². The quantitative estimate of drug-likeness (QED) is 0.256. The minimum atomic E-state index is 0.120. The van der Waals surface area contributed by atoms with E-state index in [2.05, 4.69) is 65.0 Å². The summed E-state index contributed by atoms with van der Waals surface area (Å²) in [5, 5.41) is 12.8. The number of hydrogen-bond donors (Lipinski definition) is 4. The lowest BCUT2D eigenvalue weighted by molar-refractivity contribution is 0.824. The molecule has 0 unspecified atom stereocenters. The molecule has 0 saturated carbocycles. The molecule has 0 amide bonds. The predicted molar refractivity (Wildman–Crippen MR) is 129 cm³/mol. The Balaban J connectivity index is 1.63. The van der Waals surface area contributed by atoms with Gasteiger partial charge in [-0.15, -0.1) is 0 Å². The number of hydrogen-bond acceptors (Lipinski definition) is 10. The number of unbranched alkanes of at least 4 members (excludes halogenated alkanes) is 2. The van der Waals surface area contributed by atoms with Crippen LogP contribution in [0.5, 0.6) is 0 Å². The van der Waals surface area contributed by atoms with E-state index in [1.54, 1.807) is 0 Å². The zero-order valence-corrected chi connectivity index (χ0v) is 19.5. The Morgan fingerprint density at radius 3 is 1.34 bits per heavy atom. The van der Waals surface area contributed by atoms with Gasteiger partial charge in [0.25, 0.3) is 0 Å². The summed E-state index contributed by atoms with van der Waals surface area (Å²) in [5.41, 5.74) is 1.57. The Morgan fingerprint density at radius 1 is 0.594 bits per heavy atom. The molecule has 3 aromatic rings. The monoisotopic (exact) mass is 476 g/mol. The van der Waals surface area contributed by atoms with Gasteiger partial charge in [0, 0.05) is 24.5 Å². The van der Waals surface area contributed by atoms with Crippen LogP contribution in [0.2, 0.25) is 10.6 Å². The van der Waals surface area contributed by atoms with Gasteiger partial charge in [0.1, 0.15) is 0 Å². The largest absolute Gasteiger partial charge is 0.354 e. The SMILES string of the molecule is CCCCNc1nc(Cl)nc(Nc2ccc(Nc3nc(Cl)nc(NCCCC)n3)cc2)n1. The maximum atomic E-state index is 6.02. The highest BCUT2D eigenvalue weighted by molar-refractivity contribution is 6.28. The van der Waals surface area contributed by atoms with Crippen LogP contribution in [0.25, 0.3) is 0 Å². The van der Waals surface area contributed by atoms with E-state index in [4.69, 9.17) is 23.2 Å². The van der Waals surface area contributed by atoms with Crippen molar-refractivity contribution in [2.45, 2.75) is 39.5 Å². The number of benzene rings is 1. The number of halogens is 2. The molecular weight excluding hydrogens is 451 g/mol. The van der Waals surface area contributed by atoms with E-state index in [-0.39, 0.29) is 10.6 Å². The number of aromatic nitrogens is 6. The molecule has 0 fully saturated rings. The Kier molecular flexibility index (Phi) is 9.00. The van der Waals surface area contributed by atoms with Gasteiger partial charge in [-0.25, -0.2) is 0 Å². The third-order valence-corrected chi connectivity index (χ3v) is 4.58. The first-order chi connectivity index (χ1) is 15.6. The van der Waals surface area contributed by atoms with Crippen molar-refractivity contribution in [1.29, 1.82) is 0 Å². The zero-order chi connectivity index (χ0) is 22.8. The molecule has 3 rings (SSSR count). The van der Waals surface area contributed by atoms with E-state index in [0.29, 0.717) is 23.8 Å². The molecule has 0 aliphatic heterocycles. The molecule has 2 heterocycles. The molecule has 0 aliphatic rings. The average Bonchev–Trinajstić information content (AvgIpc) is 2.75. The van der Waals surface area contributed by atoms with Crippen LogP contribution in [-0.2, 0) is 0 Å². The van der Waals surface area contributed by atoms with E-state index >= 15 is 0 Å². The minimum Gasteiger partial charge on any atom is -0.354 e. The van der Waals surface area contributed by atoms with Crippen LogP contribution < -0.4 is 21.3 Å². The summed E-state index contributed by atoms with van der Waals surface area (Å²) in [4.78, 5) is 25.1. The molecule has 10 nitrogen and oxygen atoms in total. The second-order valence-electron chi connectivity index (χ2n) is 6.89. The zero-order valence-electron chi connectivity index (χ0n) is 18.0. The summed E-state index contributed by atoms with van der Waals surface area (Å²) in [6, 6.07) is 7.47. The summed E-state index contributed by atoms with van der Waals surface area (Å²) in [7, 11) is 0. The highest BCUT2D eigenvalue weighted by atomic mass is 35.5. The third-order valence-electron chi connectivity index (χ3n) is 4.24. The van der Waals surface area contributed by atoms with Crippen LogP contribution in [0.3, 0.4) is 0 Å². The molecule has 0 aliphatic carbocycles. The van der Waals surface area contributed by atoms with Gasteiger partial charge in [-0.3, -0.25) is 0 Å². The first-order valence-corrected chi connectivity index (χ1v) is 11.3. The Labute approximate surface area is 197 Å². The molecule has 0 spiro atoms. The highest BCUT2D eigenvalue weighted by Gasteiger charge is 2.07. The van der Waals surface area contributed by atoms with Crippen LogP contribution in [0, 0.1) is 0 Å². The fourth-order valence-corrected chi connectivity index (χ4v) is 2.94. The second kappa shape index (κ2) is 12.2. The summed E-state index contributed by atoms with van der Waals surface area (Å²) in [6.07, 6.45) is 4.18. The van der Waals surface area contributed by atoms with Crippen molar-refractivity contribution in [1.82, 2.24) is 29.9 Å². The summed E-state index contributed by atoms with van der Waals surface area (Å²) in [5.74, 6) is 1.59. The van der Waals surface area contributed by atoms with Crippen LogP contribution in [-0.4, -0.2) is 43.0 Å². The van der Waals surface area contributed by atoms with E-state index in [9.17, 15) is 0 Å². The van der Waals surface area contributed by atoms with Gasteiger partial charge < -0.3 is 21.3 Å². The van der Waals surface area contributed by atoms with Gasteiger partial charge in [-0.1, -0.05) is 26.7 Å². The molecule has 32 heavy (non-hydrogen) atoms. The average molecular weight is 477 g/mol. The first kappa shape index (κ1) is 23.7. The molecule has 2 aromatic heterocycles.